The van der Waals surface area contributed by atoms with Crippen LogP contribution in [0.5, 0.6) is 0 Å². The quantitative estimate of drug-likeness (QED) is 0.835. The number of hydrogen-bond acceptors (Lipinski definition) is 1. The zero-order valence-corrected chi connectivity index (χ0v) is 12.5. The normalized spacial score (nSPS) is 21.8. The topological polar surface area (TPSA) is 12.0 Å². The summed E-state index contributed by atoms with van der Waals surface area (Å²) in [6.45, 7) is 5.73. The van der Waals surface area contributed by atoms with Crippen molar-refractivity contribution in [3.05, 3.63) is 34.9 Å². The highest BCUT2D eigenvalue weighted by molar-refractivity contribution is 5.31. The van der Waals surface area contributed by atoms with E-state index in [1.807, 2.05) is 0 Å². The van der Waals surface area contributed by atoms with Crippen molar-refractivity contribution in [1.82, 2.24) is 5.32 Å². The van der Waals surface area contributed by atoms with Crippen LogP contribution in [0, 0.1) is 19.3 Å². The standard InChI is InChI=1S/C18H27N/c1-14-5-6-15(2)16(11-14)12-18(9-3-4-10-18)13-19-17-7-8-17/h5-6,11,17,19H,3-4,7-10,12-13H2,1-2H3. The maximum absolute atomic E-state index is 3.79. The number of rotatable bonds is 5. The SMILES string of the molecule is Cc1ccc(C)c(CC2(CNC3CC3)CCCC2)c1. The molecule has 1 aromatic carbocycles. The van der Waals surface area contributed by atoms with E-state index in [0.29, 0.717) is 5.41 Å². The molecule has 1 aromatic rings. The van der Waals surface area contributed by atoms with Gasteiger partial charge in [-0.3, -0.25) is 0 Å². The van der Waals surface area contributed by atoms with Gasteiger partial charge in [-0.1, -0.05) is 36.6 Å². The van der Waals surface area contributed by atoms with Gasteiger partial charge in [-0.25, -0.2) is 0 Å². The van der Waals surface area contributed by atoms with Crippen molar-refractivity contribution in [3.63, 3.8) is 0 Å². The predicted octanol–water partition coefficient (Wildman–Crippen LogP) is 4.16. The fraction of sp³-hybridized carbons (Fsp3) is 0.667. The lowest BCUT2D eigenvalue weighted by Crippen LogP contribution is -2.35. The Morgan fingerprint density at radius 1 is 1.16 bits per heavy atom. The Kier molecular flexibility index (Phi) is 3.66. The Morgan fingerprint density at radius 3 is 2.58 bits per heavy atom. The molecule has 0 spiro atoms. The van der Waals surface area contributed by atoms with Crippen molar-refractivity contribution in [2.45, 2.75) is 64.8 Å². The fourth-order valence-electron chi connectivity index (χ4n) is 3.58. The van der Waals surface area contributed by atoms with Crippen molar-refractivity contribution in [1.29, 1.82) is 0 Å². The maximum atomic E-state index is 3.79. The van der Waals surface area contributed by atoms with Crippen LogP contribution in [0.4, 0.5) is 0 Å². The lowest BCUT2D eigenvalue weighted by atomic mass is 9.78. The van der Waals surface area contributed by atoms with Crippen LogP contribution in [0.25, 0.3) is 0 Å². The summed E-state index contributed by atoms with van der Waals surface area (Å²) < 4.78 is 0. The van der Waals surface area contributed by atoms with E-state index in [-0.39, 0.29) is 0 Å². The molecule has 3 rings (SSSR count). The number of hydrogen-bond donors (Lipinski definition) is 1. The Labute approximate surface area is 117 Å². The zero-order chi connectivity index (χ0) is 13.3. The van der Waals surface area contributed by atoms with Crippen LogP contribution in [-0.2, 0) is 6.42 Å². The van der Waals surface area contributed by atoms with Gasteiger partial charge in [0.25, 0.3) is 0 Å². The molecule has 2 aliphatic rings. The lowest BCUT2D eigenvalue weighted by molar-refractivity contribution is 0.276. The van der Waals surface area contributed by atoms with E-state index >= 15 is 0 Å². The van der Waals surface area contributed by atoms with Crippen LogP contribution in [0.15, 0.2) is 18.2 Å². The molecule has 0 aromatic heterocycles. The largest absolute Gasteiger partial charge is 0.313 e. The molecule has 1 nitrogen and oxygen atoms in total. The van der Waals surface area contributed by atoms with Gasteiger partial charge in [-0.15, -0.1) is 0 Å². The Balaban J connectivity index is 1.74. The first-order chi connectivity index (χ1) is 9.17. The van der Waals surface area contributed by atoms with E-state index in [1.54, 1.807) is 5.56 Å². The first-order valence-electron chi connectivity index (χ1n) is 7.96. The highest BCUT2D eigenvalue weighted by atomic mass is 15.0. The second kappa shape index (κ2) is 5.28. The summed E-state index contributed by atoms with van der Waals surface area (Å²) in [6, 6.07) is 7.78. The third-order valence-electron chi connectivity index (χ3n) is 5.08. The maximum Gasteiger partial charge on any atom is 0.00684 e. The fourth-order valence-corrected chi connectivity index (χ4v) is 3.58. The van der Waals surface area contributed by atoms with Gasteiger partial charge in [0.1, 0.15) is 0 Å². The van der Waals surface area contributed by atoms with Crippen molar-refractivity contribution in [2.24, 2.45) is 5.41 Å². The van der Waals surface area contributed by atoms with Crippen molar-refractivity contribution in [3.8, 4) is 0 Å². The summed E-state index contributed by atoms with van der Waals surface area (Å²) >= 11 is 0. The van der Waals surface area contributed by atoms with Gasteiger partial charge >= 0.3 is 0 Å². The molecule has 0 saturated heterocycles. The molecule has 19 heavy (non-hydrogen) atoms. The summed E-state index contributed by atoms with van der Waals surface area (Å²) in [5.41, 5.74) is 5.01. The summed E-state index contributed by atoms with van der Waals surface area (Å²) in [5.74, 6) is 0. The Hall–Kier alpha value is -0.820. The molecule has 0 heterocycles. The van der Waals surface area contributed by atoms with Gasteiger partial charge < -0.3 is 5.32 Å². The summed E-state index contributed by atoms with van der Waals surface area (Å²) in [5, 5.41) is 3.79. The average molecular weight is 257 g/mol. The van der Waals surface area contributed by atoms with Crippen LogP contribution in [0.2, 0.25) is 0 Å². The van der Waals surface area contributed by atoms with Crippen molar-refractivity contribution >= 4 is 0 Å². The van der Waals surface area contributed by atoms with Crippen LogP contribution < -0.4 is 5.32 Å². The molecule has 0 radical (unpaired) electrons. The second-order valence-electron chi connectivity index (χ2n) is 6.97. The summed E-state index contributed by atoms with van der Waals surface area (Å²) in [6.07, 6.45) is 9.77. The molecule has 2 aliphatic carbocycles. The first kappa shape index (κ1) is 13.2. The molecule has 2 saturated carbocycles. The molecule has 104 valence electrons. The van der Waals surface area contributed by atoms with Crippen LogP contribution in [0.3, 0.4) is 0 Å². The molecule has 0 unspecified atom stereocenters. The van der Waals surface area contributed by atoms with Gasteiger partial charge in [0.15, 0.2) is 0 Å². The minimum atomic E-state index is 0.543. The molecular formula is C18H27N. The van der Waals surface area contributed by atoms with E-state index in [4.69, 9.17) is 0 Å². The third kappa shape index (κ3) is 3.20. The Bertz CT molecular complexity index is 439. The molecule has 0 bridgehead atoms. The number of nitrogens with one attached hydrogen (secondary N) is 1. The van der Waals surface area contributed by atoms with Gasteiger partial charge in [0.05, 0.1) is 0 Å². The average Bonchev–Trinajstić information content (AvgIpc) is 3.12. The van der Waals surface area contributed by atoms with Crippen LogP contribution in [0.1, 0.15) is 55.2 Å². The van der Waals surface area contributed by atoms with E-state index in [0.717, 1.165) is 6.04 Å². The van der Waals surface area contributed by atoms with Crippen molar-refractivity contribution < 1.29 is 0 Å². The molecular weight excluding hydrogens is 230 g/mol. The second-order valence-corrected chi connectivity index (χ2v) is 6.97. The van der Waals surface area contributed by atoms with Crippen LogP contribution in [-0.4, -0.2) is 12.6 Å². The molecule has 0 aliphatic heterocycles. The lowest BCUT2D eigenvalue weighted by Gasteiger charge is -2.30. The number of aryl methyl sites for hydroxylation is 2. The summed E-state index contributed by atoms with van der Waals surface area (Å²) in [4.78, 5) is 0. The van der Waals surface area contributed by atoms with E-state index < -0.39 is 0 Å². The molecule has 0 atom stereocenters. The van der Waals surface area contributed by atoms with Crippen molar-refractivity contribution in [2.75, 3.05) is 6.54 Å². The van der Waals surface area contributed by atoms with E-state index in [2.05, 4.69) is 37.4 Å². The number of benzene rings is 1. The predicted molar refractivity (Wildman–Crippen MR) is 81.5 cm³/mol. The Morgan fingerprint density at radius 2 is 1.89 bits per heavy atom. The van der Waals surface area contributed by atoms with Gasteiger partial charge in [-0.2, -0.15) is 0 Å². The smallest absolute Gasteiger partial charge is 0.00684 e. The van der Waals surface area contributed by atoms with Crippen LogP contribution >= 0.6 is 0 Å². The van der Waals surface area contributed by atoms with E-state index in [1.165, 1.54) is 62.6 Å². The molecule has 1 N–H and O–H groups in total. The minimum Gasteiger partial charge on any atom is -0.313 e. The van der Waals surface area contributed by atoms with Gasteiger partial charge in [0.2, 0.25) is 0 Å². The third-order valence-corrected chi connectivity index (χ3v) is 5.08. The summed E-state index contributed by atoms with van der Waals surface area (Å²) in [7, 11) is 0. The molecule has 2 fully saturated rings. The first-order valence-corrected chi connectivity index (χ1v) is 7.96. The minimum absolute atomic E-state index is 0.543. The molecule has 1 heteroatoms. The highest BCUT2D eigenvalue weighted by Crippen LogP contribution is 2.41. The highest BCUT2D eigenvalue weighted by Gasteiger charge is 2.35. The zero-order valence-electron chi connectivity index (χ0n) is 12.5. The van der Waals surface area contributed by atoms with E-state index in [9.17, 15) is 0 Å². The monoisotopic (exact) mass is 257 g/mol. The van der Waals surface area contributed by atoms with Gasteiger partial charge in [0, 0.05) is 12.6 Å². The van der Waals surface area contributed by atoms with Gasteiger partial charge in [-0.05, 0) is 62.5 Å². The molecule has 0 amide bonds.